The van der Waals surface area contributed by atoms with Crippen LogP contribution in [0.3, 0.4) is 0 Å². The molecule has 0 aliphatic carbocycles. The quantitative estimate of drug-likeness (QED) is 0.872. The van der Waals surface area contributed by atoms with Gasteiger partial charge in [-0.05, 0) is 24.5 Å². The van der Waals surface area contributed by atoms with E-state index in [1.165, 1.54) is 7.11 Å². The predicted octanol–water partition coefficient (Wildman–Crippen LogP) is 3.21. The van der Waals surface area contributed by atoms with Crippen LogP contribution in [-0.4, -0.2) is 25.0 Å². The van der Waals surface area contributed by atoms with E-state index in [1.807, 2.05) is 30.4 Å². The standard InChI is InChI=1S/C16H20N2O2.ClH/c1-20-16(19)14-8-4-2-6-12(14)10-11-13-7-3-5-9-15(17)18-13;/h2,4,6,8,10-11,13H,3,5,7,9H2,1H3,(H2,17,18);1H. The van der Waals surface area contributed by atoms with Gasteiger partial charge in [0.25, 0.3) is 0 Å². The van der Waals surface area contributed by atoms with E-state index in [1.54, 1.807) is 6.07 Å². The fourth-order valence-electron chi connectivity index (χ4n) is 2.29. The summed E-state index contributed by atoms with van der Waals surface area (Å²) in [6, 6.07) is 7.48. The third-order valence-corrected chi connectivity index (χ3v) is 3.38. The summed E-state index contributed by atoms with van der Waals surface area (Å²) in [7, 11) is 1.39. The molecule has 5 heteroatoms. The molecule has 0 aromatic heterocycles. The monoisotopic (exact) mass is 308 g/mol. The Bertz CT molecular complexity index is 541. The Morgan fingerprint density at radius 2 is 2.14 bits per heavy atom. The van der Waals surface area contributed by atoms with Gasteiger partial charge in [0.1, 0.15) is 0 Å². The molecular formula is C16H21ClN2O2. The molecule has 0 saturated heterocycles. The maximum atomic E-state index is 11.7. The summed E-state index contributed by atoms with van der Waals surface area (Å²) in [5, 5.41) is 0. The zero-order valence-electron chi connectivity index (χ0n) is 12.1. The Morgan fingerprint density at radius 3 is 2.90 bits per heavy atom. The number of hydrogen-bond donors (Lipinski definition) is 1. The summed E-state index contributed by atoms with van der Waals surface area (Å²) in [5.41, 5.74) is 7.25. The van der Waals surface area contributed by atoms with Crippen molar-refractivity contribution in [2.24, 2.45) is 10.7 Å². The molecule has 0 amide bonds. The number of methoxy groups -OCH3 is 1. The van der Waals surface area contributed by atoms with E-state index >= 15 is 0 Å². The second-order valence-corrected chi connectivity index (χ2v) is 4.87. The third kappa shape index (κ3) is 4.90. The topological polar surface area (TPSA) is 64.7 Å². The molecule has 21 heavy (non-hydrogen) atoms. The first-order valence-corrected chi connectivity index (χ1v) is 6.88. The maximum absolute atomic E-state index is 11.7. The normalized spacial score (nSPS) is 18.5. The number of benzene rings is 1. The van der Waals surface area contributed by atoms with Gasteiger partial charge < -0.3 is 10.5 Å². The lowest BCUT2D eigenvalue weighted by Crippen LogP contribution is -2.12. The van der Waals surface area contributed by atoms with Crippen molar-refractivity contribution in [1.29, 1.82) is 0 Å². The number of rotatable bonds is 3. The Balaban J connectivity index is 0.00000220. The SMILES string of the molecule is COC(=O)c1ccccc1C=CC1CCCCC(N)=N1.Cl. The van der Waals surface area contributed by atoms with E-state index in [0.717, 1.165) is 37.1 Å². The first-order chi connectivity index (χ1) is 9.70. The molecule has 2 rings (SSSR count). The molecule has 114 valence electrons. The van der Waals surface area contributed by atoms with Crippen LogP contribution in [0.5, 0.6) is 0 Å². The van der Waals surface area contributed by atoms with Gasteiger partial charge in [-0.2, -0.15) is 0 Å². The summed E-state index contributed by atoms with van der Waals surface area (Å²) < 4.78 is 4.79. The average molecular weight is 309 g/mol. The molecule has 1 heterocycles. The zero-order chi connectivity index (χ0) is 14.4. The van der Waals surface area contributed by atoms with Gasteiger partial charge in [-0.25, -0.2) is 4.79 Å². The first-order valence-electron chi connectivity index (χ1n) is 6.88. The van der Waals surface area contributed by atoms with E-state index in [9.17, 15) is 4.79 Å². The highest BCUT2D eigenvalue weighted by Gasteiger charge is 2.11. The van der Waals surface area contributed by atoms with Gasteiger partial charge in [-0.15, -0.1) is 12.4 Å². The largest absolute Gasteiger partial charge is 0.465 e. The second kappa shape index (κ2) is 8.47. The maximum Gasteiger partial charge on any atom is 0.338 e. The number of nitrogens with zero attached hydrogens (tertiary/aromatic N) is 1. The Hall–Kier alpha value is -1.81. The summed E-state index contributed by atoms with van der Waals surface area (Å²) in [6.45, 7) is 0. The smallest absolute Gasteiger partial charge is 0.338 e. The molecule has 1 atom stereocenters. The molecule has 0 saturated carbocycles. The second-order valence-electron chi connectivity index (χ2n) is 4.87. The van der Waals surface area contributed by atoms with Gasteiger partial charge >= 0.3 is 5.97 Å². The van der Waals surface area contributed by atoms with E-state index < -0.39 is 0 Å². The van der Waals surface area contributed by atoms with Gasteiger partial charge in [-0.1, -0.05) is 36.8 Å². The lowest BCUT2D eigenvalue weighted by atomic mass is 10.0. The number of halogens is 1. The number of esters is 1. The van der Waals surface area contributed by atoms with Crippen LogP contribution in [0.4, 0.5) is 0 Å². The Morgan fingerprint density at radius 1 is 1.38 bits per heavy atom. The van der Waals surface area contributed by atoms with E-state index in [-0.39, 0.29) is 24.4 Å². The molecule has 1 aliphatic heterocycles. The number of carbonyl (C=O) groups is 1. The number of hydrogen-bond acceptors (Lipinski definition) is 4. The molecule has 1 aromatic rings. The highest BCUT2D eigenvalue weighted by Crippen LogP contribution is 2.17. The highest BCUT2D eigenvalue weighted by atomic mass is 35.5. The van der Waals surface area contributed by atoms with Gasteiger partial charge in [0.2, 0.25) is 0 Å². The molecule has 0 fully saturated rings. The minimum Gasteiger partial charge on any atom is -0.465 e. The van der Waals surface area contributed by atoms with Crippen molar-refractivity contribution in [3.05, 3.63) is 41.5 Å². The molecule has 0 spiro atoms. The Labute approximate surface area is 131 Å². The van der Waals surface area contributed by atoms with Gasteiger partial charge in [0, 0.05) is 6.42 Å². The van der Waals surface area contributed by atoms with Crippen molar-refractivity contribution in [2.45, 2.75) is 31.7 Å². The number of amidine groups is 1. The summed E-state index contributed by atoms with van der Waals surface area (Å²) in [6.07, 6.45) is 8.04. The van der Waals surface area contributed by atoms with Crippen molar-refractivity contribution < 1.29 is 9.53 Å². The number of nitrogens with two attached hydrogens (primary N) is 1. The number of aliphatic imine (C=N–C) groups is 1. The molecule has 1 unspecified atom stereocenters. The molecule has 0 bridgehead atoms. The van der Waals surface area contributed by atoms with Crippen LogP contribution in [0.1, 0.15) is 41.6 Å². The molecule has 1 aliphatic rings. The van der Waals surface area contributed by atoms with Crippen LogP contribution < -0.4 is 5.73 Å². The van der Waals surface area contributed by atoms with Crippen LogP contribution in [0, 0.1) is 0 Å². The molecule has 4 nitrogen and oxygen atoms in total. The van der Waals surface area contributed by atoms with Crippen molar-refractivity contribution in [3.63, 3.8) is 0 Å². The van der Waals surface area contributed by atoms with E-state index in [0.29, 0.717) is 5.56 Å². The minimum absolute atomic E-state index is 0. The lowest BCUT2D eigenvalue weighted by Gasteiger charge is -2.06. The first kappa shape index (κ1) is 17.2. The van der Waals surface area contributed by atoms with Crippen LogP contribution in [0.2, 0.25) is 0 Å². The third-order valence-electron chi connectivity index (χ3n) is 3.38. The average Bonchev–Trinajstić information content (AvgIpc) is 2.69. The predicted molar refractivity (Wildman–Crippen MR) is 87.9 cm³/mol. The van der Waals surface area contributed by atoms with Crippen molar-refractivity contribution in [2.75, 3.05) is 7.11 Å². The zero-order valence-corrected chi connectivity index (χ0v) is 12.9. The number of carbonyl (C=O) groups excluding carboxylic acids is 1. The lowest BCUT2D eigenvalue weighted by molar-refractivity contribution is 0.0600. The molecule has 1 aromatic carbocycles. The van der Waals surface area contributed by atoms with Gasteiger partial charge in [0.15, 0.2) is 0 Å². The highest BCUT2D eigenvalue weighted by molar-refractivity contribution is 5.93. The molecular weight excluding hydrogens is 288 g/mol. The fourth-order valence-corrected chi connectivity index (χ4v) is 2.29. The van der Waals surface area contributed by atoms with Crippen molar-refractivity contribution >= 4 is 30.3 Å². The summed E-state index contributed by atoms with van der Waals surface area (Å²) in [5.74, 6) is 0.396. The fraction of sp³-hybridized carbons (Fsp3) is 0.375. The van der Waals surface area contributed by atoms with Gasteiger partial charge in [-0.3, -0.25) is 4.99 Å². The minimum atomic E-state index is -0.325. The van der Waals surface area contributed by atoms with Crippen LogP contribution >= 0.6 is 12.4 Å². The van der Waals surface area contributed by atoms with Crippen LogP contribution in [-0.2, 0) is 4.74 Å². The van der Waals surface area contributed by atoms with Crippen molar-refractivity contribution in [3.8, 4) is 0 Å². The van der Waals surface area contributed by atoms with Crippen molar-refractivity contribution in [1.82, 2.24) is 0 Å². The van der Waals surface area contributed by atoms with Crippen LogP contribution in [0.15, 0.2) is 35.3 Å². The van der Waals surface area contributed by atoms with Crippen LogP contribution in [0.25, 0.3) is 6.08 Å². The molecule has 2 N–H and O–H groups in total. The number of ether oxygens (including phenoxy) is 1. The summed E-state index contributed by atoms with van der Waals surface area (Å²) >= 11 is 0. The summed E-state index contributed by atoms with van der Waals surface area (Å²) in [4.78, 5) is 16.2. The van der Waals surface area contributed by atoms with E-state index in [4.69, 9.17) is 10.5 Å². The van der Waals surface area contributed by atoms with E-state index in [2.05, 4.69) is 4.99 Å². The molecule has 0 radical (unpaired) electrons. The Kier molecular flexibility index (Phi) is 6.96. The van der Waals surface area contributed by atoms with Gasteiger partial charge in [0.05, 0.1) is 24.6 Å².